The second-order valence-electron chi connectivity index (χ2n) is 4.94. The third-order valence-corrected chi connectivity index (χ3v) is 5.56. The molecule has 2 heteroatoms. The van der Waals surface area contributed by atoms with Crippen LogP contribution in [0.4, 0.5) is 0 Å². The Morgan fingerprint density at radius 3 is 1.65 bits per heavy atom. The quantitative estimate of drug-likeness (QED) is 0.362. The summed E-state index contributed by atoms with van der Waals surface area (Å²) in [6.07, 6.45) is 15.8. The summed E-state index contributed by atoms with van der Waals surface area (Å²) in [7, 11) is 0. The molecule has 0 aromatic carbocycles. The number of rotatable bonds is 14. The molecule has 0 amide bonds. The van der Waals surface area contributed by atoms with Gasteiger partial charge in [-0.25, -0.2) is 0 Å². The first-order chi connectivity index (χ1) is 8.41. The number of unbranched alkanes of at least 4 members (excludes halogenated alkanes) is 9. The van der Waals surface area contributed by atoms with Crippen LogP contribution in [0.5, 0.6) is 0 Å². The van der Waals surface area contributed by atoms with Crippen LogP contribution in [-0.2, 0) is 0 Å². The van der Waals surface area contributed by atoms with Gasteiger partial charge in [-0.3, -0.25) is 0 Å². The van der Waals surface area contributed by atoms with Crippen molar-refractivity contribution in [1.82, 2.24) is 0 Å². The van der Waals surface area contributed by atoms with Crippen molar-refractivity contribution in [2.45, 2.75) is 88.2 Å². The minimum atomic E-state index is 0.888. The molecule has 0 spiro atoms. The zero-order valence-corrected chi connectivity index (χ0v) is 13.6. The normalized spacial score (nSPS) is 10.9. The summed E-state index contributed by atoms with van der Waals surface area (Å²) in [4.78, 5) is 0. The first-order valence-corrected chi connectivity index (χ1v) is 10.1. The third kappa shape index (κ3) is 16.5. The number of nitrogens with two attached hydrogens (primary N) is 1. The topological polar surface area (TPSA) is 26.0 Å². The zero-order valence-electron chi connectivity index (χ0n) is 11.9. The van der Waals surface area contributed by atoms with Crippen LogP contribution in [-0.4, -0.2) is 21.5 Å². The van der Waals surface area contributed by atoms with Crippen molar-refractivity contribution in [2.75, 3.05) is 6.54 Å². The van der Waals surface area contributed by atoms with Crippen molar-refractivity contribution < 1.29 is 0 Å². The predicted molar refractivity (Wildman–Crippen MR) is 80.9 cm³/mol. The molecule has 0 aromatic rings. The number of hydrogen-bond acceptors (Lipinski definition) is 1. The SMILES string of the molecule is CCCCCCCCCCCC[Se]CCCN. The molecule has 17 heavy (non-hydrogen) atoms. The van der Waals surface area contributed by atoms with Crippen LogP contribution in [0.1, 0.15) is 77.6 Å². The molecule has 0 unspecified atom stereocenters. The van der Waals surface area contributed by atoms with E-state index in [0.29, 0.717) is 0 Å². The summed E-state index contributed by atoms with van der Waals surface area (Å²) in [5.74, 6) is 0. The molecule has 0 aliphatic carbocycles. The molecule has 2 N–H and O–H groups in total. The van der Waals surface area contributed by atoms with E-state index in [9.17, 15) is 0 Å². The molecular weight excluding hydrogens is 273 g/mol. The Bertz CT molecular complexity index is 114. The summed E-state index contributed by atoms with van der Waals surface area (Å²) >= 11 is 0.888. The minimum absolute atomic E-state index is 0.888. The van der Waals surface area contributed by atoms with Gasteiger partial charge in [0, 0.05) is 0 Å². The van der Waals surface area contributed by atoms with E-state index in [4.69, 9.17) is 5.73 Å². The van der Waals surface area contributed by atoms with Gasteiger partial charge in [-0.15, -0.1) is 0 Å². The molecule has 0 rings (SSSR count). The average Bonchev–Trinajstić information content (AvgIpc) is 2.35. The fourth-order valence-electron chi connectivity index (χ4n) is 1.98. The van der Waals surface area contributed by atoms with E-state index < -0.39 is 0 Å². The zero-order chi connectivity index (χ0) is 12.6. The molecule has 0 saturated carbocycles. The first-order valence-electron chi connectivity index (χ1n) is 7.69. The summed E-state index contributed by atoms with van der Waals surface area (Å²) in [6, 6.07) is 0. The summed E-state index contributed by atoms with van der Waals surface area (Å²) in [5, 5.41) is 2.89. The molecule has 0 aliphatic heterocycles. The van der Waals surface area contributed by atoms with Crippen LogP contribution in [0.3, 0.4) is 0 Å². The molecule has 1 nitrogen and oxygen atoms in total. The van der Waals surface area contributed by atoms with Crippen LogP contribution in [0.2, 0.25) is 10.6 Å². The molecule has 0 saturated heterocycles. The van der Waals surface area contributed by atoms with Crippen molar-refractivity contribution in [2.24, 2.45) is 5.73 Å². The average molecular weight is 306 g/mol. The Morgan fingerprint density at radius 2 is 1.12 bits per heavy atom. The van der Waals surface area contributed by atoms with Crippen LogP contribution in [0, 0.1) is 0 Å². The predicted octanol–water partition coefficient (Wildman–Crippen LogP) is 4.80. The summed E-state index contributed by atoms with van der Waals surface area (Å²) in [6.45, 7) is 3.18. The molecule has 104 valence electrons. The Balaban J connectivity index is 2.85. The van der Waals surface area contributed by atoms with Gasteiger partial charge in [0.1, 0.15) is 0 Å². The maximum atomic E-state index is 5.48. The van der Waals surface area contributed by atoms with E-state index in [0.717, 1.165) is 21.5 Å². The summed E-state index contributed by atoms with van der Waals surface area (Å²) < 4.78 is 0. The second-order valence-corrected chi connectivity index (χ2v) is 7.51. The van der Waals surface area contributed by atoms with E-state index in [-0.39, 0.29) is 0 Å². The molecular formula is C15H33NSe. The van der Waals surface area contributed by atoms with Gasteiger partial charge in [0.15, 0.2) is 0 Å². The van der Waals surface area contributed by atoms with E-state index >= 15 is 0 Å². The molecule has 0 atom stereocenters. The van der Waals surface area contributed by atoms with Crippen LogP contribution in [0.15, 0.2) is 0 Å². The van der Waals surface area contributed by atoms with Gasteiger partial charge in [0.25, 0.3) is 0 Å². The van der Waals surface area contributed by atoms with Gasteiger partial charge in [0.05, 0.1) is 0 Å². The van der Waals surface area contributed by atoms with Crippen molar-refractivity contribution in [3.05, 3.63) is 0 Å². The van der Waals surface area contributed by atoms with Crippen molar-refractivity contribution in [3.8, 4) is 0 Å². The molecule has 0 aliphatic rings. The Labute approximate surface area is 115 Å². The molecule has 0 radical (unpaired) electrons. The van der Waals surface area contributed by atoms with Gasteiger partial charge >= 0.3 is 115 Å². The maximum absolute atomic E-state index is 5.48. The molecule has 0 bridgehead atoms. The Kier molecular flexibility index (Phi) is 16.9. The Hall–Kier alpha value is 0.479. The van der Waals surface area contributed by atoms with Crippen LogP contribution < -0.4 is 5.73 Å². The van der Waals surface area contributed by atoms with Gasteiger partial charge in [-0.05, 0) is 0 Å². The van der Waals surface area contributed by atoms with Crippen LogP contribution in [0.25, 0.3) is 0 Å². The van der Waals surface area contributed by atoms with E-state index in [2.05, 4.69) is 6.92 Å². The first kappa shape index (κ1) is 17.5. The van der Waals surface area contributed by atoms with E-state index in [1.807, 2.05) is 0 Å². The van der Waals surface area contributed by atoms with Crippen molar-refractivity contribution >= 4 is 15.0 Å². The molecule has 0 heterocycles. The fourth-order valence-corrected chi connectivity index (χ4v) is 4.04. The van der Waals surface area contributed by atoms with Gasteiger partial charge in [-0.1, -0.05) is 0 Å². The van der Waals surface area contributed by atoms with Gasteiger partial charge in [0.2, 0.25) is 0 Å². The van der Waals surface area contributed by atoms with E-state index in [1.54, 1.807) is 0 Å². The molecule has 0 aromatic heterocycles. The standard InChI is InChI=1S/C15H33NSe/c1-2-3-4-5-6-7-8-9-10-11-14-17-15-12-13-16/h2-16H2,1H3. The fraction of sp³-hybridized carbons (Fsp3) is 1.00. The summed E-state index contributed by atoms with van der Waals surface area (Å²) in [5.41, 5.74) is 5.48. The van der Waals surface area contributed by atoms with Gasteiger partial charge < -0.3 is 0 Å². The Morgan fingerprint density at radius 1 is 0.647 bits per heavy atom. The number of hydrogen-bond donors (Lipinski definition) is 1. The molecule has 0 fully saturated rings. The monoisotopic (exact) mass is 307 g/mol. The van der Waals surface area contributed by atoms with Crippen molar-refractivity contribution in [3.63, 3.8) is 0 Å². The van der Waals surface area contributed by atoms with Crippen LogP contribution >= 0.6 is 0 Å². The van der Waals surface area contributed by atoms with Gasteiger partial charge in [-0.2, -0.15) is 0 Å². The third-order valence-electron chi connectivity index (χ3n) is 3.14. The van der Waals surface area contributed by atoms with E-state index in [1.165, 1.54) is 81.3 Å². The van der Waals surface area contributed by atoms with Crippen molar-refractivity contribution in [1.29, 1.82) is 0 Å². The second kappa shape index (κ2) is 16.5.